The van der Waals surface area contributed by atoms with Crippen LogP contribution >= 0.6 is 0 Å². The van der Waals surface area contributed by atoms with Gasteiger partial charge in [0.05, 0.1) is 18.7 Å². The van der Waals surface area contributed by atoms with E-state index in [0.717, 1.165) is 17.0 Å². The molecule has 1 aromatic heterocycles. The van der Waals surface area contributed by atoms with Crippen molar-refractivity contribution in [2.24, 2.45) is 13.0 Å². The number of methoxy groups -OCH3 is 1. The van der Waals surface area contributed by atoms with E-state index in [1.54, 1.807) is 24.7 Å². The zero-order chi connectivity index (χ0) is 16.2. The maximum atomic E-state index is 12.1. The average molecular weight is 293 g/mol. The van der Waals surface area contributed by atoms with Crippen molar-refractivity contribution in [3.8, 4) is 0 Å². The predicted molar refractivity (Wildman–Crippen MR) is 80.5 cm³/mol. The molecular weight excluding hydrogens is 270 g/mol. The molecule has 0 aromatic carbocycles. The fourth-order valence-electron chi connectivity index (χ4n) is 2.09. The molecule has 0 radical (unpaired) electrons. The summed E-state index contributed by atoms with van der Waals surface area (Å²) >= 11 is 0. The largest absolute Gasteiger partial charge is 0.469 e. The molecule has 1 aromatic rings. The van der Waals surface area contributed by atoms with Crippen LogP contribution in [0.1, 0.15) is 23.9 Å². The van der Waals surface area contributed by atoms with Gasteiger partial charge in [-0.05, 0) is 19.9 Å². The number of esters is 1. The van der Waals surface area contributed by atoms with Crippen LogP contribution in [-0.2, 0) is 21.4 Å². The molecule has 0 saturated carbocycles. The number of aromatic nitrogens is 2. The molecule has 0 N–H and O–H groups in total. The average Bonchev–Trinajstić information content (AvgIpc) is 2.68. The second-order valence-corrected chi connectivity index (χ2v) is 5.18. The summed E-state index contributed by atoms with van der Waals surface area (Å²) in [5.74, 6) is -0.829. The van der Waals surface area contributed by atoms with Gasteiger partial charge in [-0.15, -0.1) is 0 Å². The lowest BCUT2D eigenvalue weighted by molar-refractivity contribution is -0.145. The van der Waals surface area contributed by atoms with Gasteiger partial charge >= 0.3 is 5.97 Å². The van der Waals surface area contributed by atoms with Crippen LogP contribution in [0.4, 0.5) is 0 Å². The first-order chi connectivity index (χ1) is 9.77. The van der Waals surface area contributed by atoms with Crippen LogP contribution in [-0.4, -0.2) is 47.3 Å². The van der Waals surface area contributed by atoms with Crippen LogP contribution in [0.3, 0.4) is 0 Å². The summed E-state index contributed by atoms with van der Waals surface area (Å²) in [6, 6.07) is 0. The second kappa shape index (κ2) is 7.06. The smallest absolute Gasteiger partial charge is 0.310 e. The van der Waals surface area contributed by atoms with Crippen molar-refractivity contribution < 1.29 is 14.3 Å². The molecule has 1 rings (SSSR count). The van der Waals surface area contributed by atoms with Crippen LogP contribution in [0.2, 0.25) is 0 Å². The monoisotopic (exact) mass is 293 g/mol. The molecule has 21 heavy (non-hydrogen) atoms. The second-order valence-electron chi connectivity index (χ2n) is 5.18. The Morgan fingerprint density at radius 1 is 1.43 bits per heavy atom. The van der Waals surface area contributed by atoms with Gasteiger partial charge in [-0.3, -0.25) is 14.3 Å². The molecule has 1 heterocycles. The highest BCUT2D eigenvalue weighted by Gasteiger charge is 2.17. The molecule has 0 aliphatic carbocycles. The molecule has 0 aliphatic rings. The molecule has 6 nitrogen and oxygen atoms in total. The summed E-state index contributed by atoms with van der Waals surface area (Å²) in [6.45, 7) is 5.91. The lowest BCUT2D eigenvalue weighted by Gasteiger charge is -2.18. The van der Waals surface area contributed by atoms with Crippen molar-refractivity contribution >= 4 is 18.0 Å². The van der Waals surface area contributed by atoms with Gasteiger partial charge < -0.3 is 9.64 Å². The first-order valence-corrected chi connectivity index (χ1v) is 6.79. The minimum Gasteiger partial charge on any atom is -0.469 e. The molecule has 0 saturated heterocycles. The summed E-state index contributed by atoms with van der Waals surface area (Å²) in [5, 5.41) is 4.30. The van der Waals surface area contributed by atoms with Crippen LogP contribution in [0, 0.1) is 19.8 Å². The number of ether oxygens (including phenoxy) is 1. The minimum absolute atomic E-state index is 0.159. The van der Waals surface area contributed by atoms with E-state index >= 15 is 0 Å². The number of likely N-dealkylation sites (N-methyl/N-ethyl adjacent to an activating group) is 1. The Morgan fingerprint density at radius 3 is 2.52 bits per heavy atom. The van der Waals surface area contributed by atoms with Gasteiger partial charge in [0, 0.05) is 38.0 Å². The lowest BCUT2D eigenvalue weighted by atomic mass is 10.1. The Hall–Kier alpha value is -2.11. The Balaban J connectivity index is 2.72. The van der Waals surface area contributed by atoms with E-state index in [0.29, 0.717) is 6.54 Å². The number of rotatable bonds is 5. The summed E-state index contributed by atoms with van der Waals surface area (Å²) in [5.41, 5.74) is 2.83. The molecule has 1 amide bonds. The third-order valence-corrected chi connectivity index (χ3v) is 3.49. The van der Waals surface area contributed by atoms with Crippen molar-refractivity contribution in [3.63, 3.8) is 0 Å². The first-order valence-electron chi connectivity index (χ1n) is 6.79. The number of amides is 1. The highest BCUT2D eigenvalue weighted by molar-refractivity contribution is 5.92. The molecule has 116 valence electrons. The third kappa shape index (κ3) is 4.18. The molecule has 0 bridgehead atoms. The fourth-order valence-corrected chi connectivity index (χ4v) is 2.09. The Labute approximate surface area is 125 Å². The van der Waals surface area contributed by atoms with E-state index in [2.05, 4.69) is 9.84 Å². The number of nitrogens with zero attached hydrogens (tertiary/aromatic N) is 3. The molecule has 6 heteroatoms. The van der Waals surface area contributed by atoms with Gasteiger partial charge in [0.15, 0.2) is 0 Å². The SMILES string of the molecule is COC(=O)C(C)CN(C)C(=O)C=Cc1c(C)nn(C)c1C. The summed E-state index contributed by atoms with van der Waals surface area (Å²) in [7, 11) is 4.87. The standard InChI is InChI=1S/C15H23N3O3/c1-10(15(20)21-6)9-17(4)14(19)8-7-13-11(2)16-18(5)12(13)3/h7-8,10H,9H2,1-6H3. The molecular formula is C15H23N3O3. The summed E-state index contributed by atoms with van der Waals surface area (Å²) < 4.78 is 6.43. The van der Waals surface area contributed by atoms with E-state index in [1.807, 2.05) is 20.9 Å². The Bertz CT molecular complexity index is 561. The van der Waals surface area contributed by atoms with Crippen molar-refractivity contribution in [2.45, 2.75) is 20.8 Å². The highest BCUT2D eigenvalue weighted by Crippen LogP contribution is 2.13. The minimum atomic E-state index is -0.348. The maximum Gasteiger partial charge on any atom is 0.310 e. The van der Waals surface area contributed by atoms with Crippen molar-refractivity contribution in [3.05, 3.63) is 23.0 Å². The zero-order valence-corrected chi connectivity index (χ0v) is 13.5. The molecule has 0 fully saturated rings. The number of hydrogen-bond donors (Lipinski definition) is 0. The fraction of sp³-hybridized carbons (Fsp3) is 0.533. The highest BCUT2D eigenvalue weighted by atomic mass is 16.5. The summed E-state index contributed by atoms with van der Waals surface area (Å²) in [4.78, 5) is 24.9. The Morgan fingerprint density at radius 2 is 2.05 bits per heavy atom. The van der Waals surface area contributed by atoms with Crippen LogP contribution < -0.4 is 0 Å². The van der Waals surface area contributed by atoms with E-state index < -0.39 is 0 Å². The maximum absolute atomic E-state index is 12.1. The van der Waals surface area contributed by atoms with Crippen LogP contribution in [0.15, 0.2) is 6.08 Å². The van der Waals surface area contributed by atoms with Gasteiger partial charge in [-0.2, -0.15) is 5.10 Å². The van der Waals surface area contributed by atoms with Gasteiger partial charge in [-0.1, -0.05) is 6.92 Å². The van der Waals surface area contributed by atoms with Crippen LogP contribution in [0.5, 0.6) is 0 Å². The number of aryl methyl sites for hydroxylation is 2. The molecule has 0 spiro atoms. The molecule has 1 atom stereocenters. The summed E-state index contributed by atoms with van der Waals surface area (Å²) in [6.07, 6.45) is 3.26. The van der Waals surface area contributed by atoms with E-state index in [9.17, 15) is 9.59 Å². The number of carbonyl (C=O) groups excluding carboxylic acids is 2. The predicted octanol–water partition coefficient (Wildman–Crippen LogP) is 1.32. The van der Waals surface area contributed by atoms with E-state index in [-0.39, 0.29) is 17.8 Å². The van der Waals surface area contributed by atoms with Crippen LogP contribution in [0.25, 0.3) is 6.08 Å². The quantitative estimate of drug-likeness (QED) is 0.606. The van der Waals surface area contributed by atoms with Crippen molar-refractivity contribution in [1.29, 1.82) is 0 Å². The van der Waals surface area contributed by atoms with Crippen molar-refractivity contribution in [2.75, 3.05) is 20.7 Å². The number of hydrogen-bond acceptors (Lipinski definition) is 4. The molecule has 0 aliphatic heterocycles. The zero-order valence-electron chi connectivity index (χ0n) is 13.5. The topological polar surface area (TPSA) is 64.4 Å². The Kier molecular flexibility index (Phi) is 5.69. The third-order valence-electron chi connectivity index (χ3n) is 3.49. The van der Waals surface area contributed by atoms with Gasteiger partial charge in [0.2, 0.25) is 5.91 Å². The van der Waals surface area contributed by atoms with Crippen molar-refractivity contribution in [1.82, 2.24) is 14.7 Å². The normalized spacial score (nSPS) is 12.5. The molecule has 1 unspecified atom stereocenters. The number of carbonyl (C=O) groups is 2. The van der Waals surface area contributed by atoms with Gasteiger partial charge in [0.1, 0.15) is 0 Å². The van der Waals surface area contributed by atoms with E-state index in [1.165, 1.54) is 18.1 Å². The lowest BCUT2D eigenvalue weighted by Crippen LogP contribution is -2.33. The van der Waals surface area contributed by atoms with Gasteiger partial charge in [-0.25, -0.2) is 0 Å². The van der Waals surface area contributed by atoms with Gasteiger partial charge in [0.25, 0.3) is 0 Å². The van der Waals surface area contributed by atoms with E-state index in [4.69, 9.17) is 0 Å². The first kappa shape index (κ1) is 16.9.